The summed E-state index contributed by atoms with van der Waals surface area (Å²) in [5.74, 6) is -0.319. The SMILES string of the molecule is CC1CN(C(=O)CSc2nc(-c3cccs3)cc(C(F)(F)F)c2C#N)CCO1. The van der Waals surface area contributed by atoms with Crippen LogP contribution >= 0.6 is 23.1 Å². The van der Waals surface area contributed by atoms with Gasteiger partial charge in [0.2, 0.25) is 5.91 Å². The minimum Gasteiger partial charge on any atom is -0.375 e. The molecule has 3 rings (SSSR count). The molecule has 1 atom stereocenters. The number of hydrogen-bond acceptors (Lipinski definition) is 6. The quantitative estimate of drug-likeness (QED) is 0.689. The normalized spacial score (nSPS) is 17.4. The molecule has 0 bridgehead atoms. The maximum Gasteiger partial charge on any atom is 0.417 e. The van der Waals surface area contributed by atoms with E-state index in [4.69, 9.17) is 4.74 Å². The molecule has 3 heterocycles. The number of nitriles is 1. The average molecular weight is 427 g/mol. The minimum absolute atomic E-state index is 0.0876. The Morgan fingerprint density at radius 1 is 1.54 bits per heavy atom. The number of morpholine rings is 1. The van der Waals surface area contributed by atoms with E-state index >= 15 is 0 Å². The van der Waals surface area contributed by atoms with Crippen molar-refractivity contribution in [1.29, 1.82) is 5.26 Å². The molecule has 1 amide bonds. The standard InChI is InChI=1S/C18H16F3N3O2S2/c1-11-9-24(4-5-26-11)16(25)10-28-17-12(8-22)13(18(19,20)21)7-14(23-17)15-3-2-6-27-15/h2-3,6-7,11H,4-5,9-10H2,1H3. The molecule has 5 nitrogen and oxygen atoms in total. The van der Waals surface area contributed by atoms with Crippen molar-refractivity contribution in [2.75, 3.05) is 25.4 Å². The van der Waals surface area contributed by atoms with E-state index < -0.39 is 17.3 Å². The number of pyridine rings is 1. The zero-order valence-electron chi connectivity index (χ0n) is 14.8. The van der Waals surface area contributed by atoms with Crippen LogP contribution < -0.4 is 0 Å². The van der Waals surface area contributed by atoms with E-state index in [1.807, 2.05) is 6.92 Å². The number of carbonyl (C=O) groups is 1. The van der Waals surface area contributed by atoms with Crippen LogP contribution in [0.1, 0.15) is 18.1 Å². The summed E-state index contributed by atoms with van der Waals surface area (Å²) in [5, 5.41) is 11.0. The Kier molecular flexibility index (Phi) is 6.27. The van der Waals surface area contributed by atoms with Crippen molar-refractivity contribution in [3.8, 4) is 16.6 Å². The van der Waals surface area contributed by atoms with Gasteiger partial charge in [0, 0.05) is 13.1 Å². The number of amides is 1. The molecule has 2 aromatic rings. The minimum atomic E-state index is -4.70. The summed E-state index contributed by atoms with van der Waals surface area (Å²) < 4.78 is 45.9. The van der Waals surface area contributed by atoms with E-state index in [0.29, 0.717) is 24.6 Å². The first-order chi connectivity index (χ1) is 13.3. The third-order valence-electron chi connectivity index (χ3n) is 4.10. The van der Waals surface area contributed by atoms with Crippen LogP contribution in [0.15, 0.2) is 28.6 Å². The van der Waals surface area contributed by atoms with Crippen LogP contribution in [0.25, 0.3) is 10.6 Å². The molecule has 10 heteroatoms. The Morgan fingerprint density at radius 3 is 2.93 bits per heavy atom. The van der Waals surface area contributed by atoms with Gasteiger partial charge in [0.15, 0.2) is 0 Å². The lowest BCUT2D eigenvalue weighted by molar-refractivity contribution is -0.138. The lowest BCUT2D eigenvalue weighted by atomic mass is 10.1. The van der Waals surface area contributed by atoms with Crippen LogP contribution in [0, 0.1) is 11.3 Å². The van der Waals surface area contributed by atoms with Crippen LogP contribution in [0.4, 0.5) is 13.2 Å². The number of thiophene rings is 1. The van der Waals surface area contributed by atoms with Gasteiger partial charge >= 0.3 is 6.18 Å². The van der Waals surface area contributed by atoms with Gasteiger partial charge in [-0.2, -0.15) is 18.4 Å². The molecular formula is C18H16F3N3O2S2. The molecule has 0 aromatic carbocycles. The Balaban J connectivity index is 1.89. The van der Waals surface area contributed by atoms with Crippen LogP contribution in [0.5, 0.6) is 0 Å². The summed E-state index contributed by atoms with van der Waals surface area (Å²) in [4.78, 5) is 18.9. The summed E-state index contributed by atoms with van der Waals surface area (Å²) in [5.41, 5.74) is -1.46. The molecule has 0 spiro atoms. The number of nitrogens with zero attached hydrogens (tertiary/aromatic N) is 3. The van der Waals surface area contributed by atoms with E-state index in [-0.39, 0.29) is 28.5 Å². The second-order valence-electron chi connectivity index (χ2n) is 6.13. The summed E-state index contributed by atoms with van der Waals surface area (Å²) in [6, 6.07) is 5.87. The summed E-state index contributed by atoms with van der Waals surface area (Å²) in [6.45, 7) is 3.14. The molecule has 28 heavy (non-hydrogen) atoms. The summed E-state index contributed by atoms with van der Waals surface area (Å²) in [6.07, 6.45) is -4.78. The van der Waals surface area contributed by atoms with Gasteiger partial charge in [0.05, 0.1) is 40.2 Å². The first-order valence-electron chi connectivity index (χ1n) is 8.38. The lowest BCUT2D eigenvalue weighted by Crippen LogP contribution is -2.45. The molecule has 1 aliphatic rings. The van der Waals surface area contributed by atoms with Crippen LogP contribution in [-0.2, 0) is 15.7 Å². The van der Waals surface area contributed by atoms with Crippen molar-refractivity contribution < 1.29 is 22.7 Å². The molecule has 1 fully saturated rings. The zero-order chi connectivity index (χ0) is 20.3. The predicted molar refractivity (Wildman–Crippen MR) is 100.0 cm³/mol. The van der Waals surface area contributed by atoms with E-state index in [1.54, 1.807) is 28.5 Å². The molecule has 0 radical (unpaired) electrons. The van der Waals surface area contributed by atoms with Gasteiger partial charge in [-0.3, -0.25) is 4.79 Å². The van der Waals surface area contributed by atoms with Crippen molar-refractivity contribution in [2.45, 2.75) is 24.2 Å². The van der Waals surface area contributed by atoms with Gasteiger partial charge in [0.1, 0.15) is 11.1 Å². The Bertz CT molecular complexity index is 895. The first kappa shape index (κ1) is 20.6. The molecule has 148 valence electrons. The fourth-order valence-corrected chi connectivity index (χ4v) is 4.37. The number of thioether (sulfide) groups is 1. The molecule has 0 aliphatic carbocycles. The van der Waals surface area contributed by atoms with Crippen LogP contribution in [-0.4, -0.2) is 47.3 Å². The maximum atomic E-state index is 13.5. The third-order valence-corrected chi connectivity index (χ3v) is 5.96. The molecule has 0 N–H and O–H groups in total. The Morgan fingerprint density at radius 2 is 2.32 bits per heavy atom. The third kappa shape index (κ3) is 4.66. The molecule has 1 unspecified atom stereocenters. The van der Waals surface area contributed by atoms with Gasteiger partial charge in [0.25, 0.3) is 0 Å². The van der Waals surface area contributed by atoms with Crippen molar-refractivity contribution in [1.82, 2.24) is 9.88 Å². The second kappa shape index (κ2) is 8.51. The Hall–Kier alpha value is -2.09. The monoisotopic (exact) mass is 427 g/mol. The van der Waals surface area contributed by atoms with E-state index in [1.165, 1.54) is 11.3 Å². The highest BCUT2D eigenvalue weighted by molar-refractivity contribution is 8.00. The second-order valence-corrected chi connectivity index (χ2v) is 8.04. The van der Waals surface area contributed by atoms with Crippen molar-refractivity contribution in [3.05, 3.63) is 34.7 Å². The summed E-state index contributed by atoms with van der Waals surface area (Å²) in [7, 11) is 0. The van der Waals surface area contributed by atoms with Crippen LogP contribution in [0.3, 0.4) is 0 Å². The zero-order valence-corrected chi connectivity index (χ0v) is 16.5. The smallest absolute Gasteiger partial charge is 0.375 e. The number of ether oxygens (including phenoxy) is 1. The Labute approximate surface area is 168 Å². The molecular weight excluding hydrogens is 411 g/mol. The number of alkyl halides is 3. The molecule has 0 saturated carbocycles. The summed E-state index contributed by atoms with van der Waals surface area (Å²) >= 11 is 2.11. The highest BCUT2D eigenvalue weighted by atomic mass is 32.2. The van der Waals surface area contributed by atoms with Crippen molar-refractivity contribution >= 4 is 29.0 Å². The van der Waals surface area contributed by atoms with Gasteiger partial charge in [-0.05, 0) is 24.4 Å². The molecule has 1 saturated heterocycles. The fourth-order valence-electron chi connectivity index (χ4n) is 2.77. The van der Waals surface area contributed by atoms with E-state index in [0.717, 1.165) is 17.8 Å². The highest BCUT2D eigenvalue weighted by Gasteiger charge is 2.36. The van der Waals surface area contributed by atoms with Gasteiger partial charge in [-0.15, -0.1) is 11.3 Å². The van der Waals surface area contributed by atoms with Crippen molar-refractivity contribution in [3.63, 3.8) is 0 Å². The van der Waals surface area contributed by atoms with E-state index in [2.05, 4.69) is 4.98 Å². The average Bonchev–Trinajstić information content (AvgIpc) is 3.19. The number of rotatable bonds is 4. The number of halogens is 3. The first-order valence-corrected chi connectivity index (χ1v) is 10.2. The predicted octanol–water partition coefficient (Wildman–Crippen LogP) is 4.04. The van der Waals surface area contributed by atoms with Gasteiger partial charge in [-0.1, -0.05) is 17.8 Å². The molecule has 1 aliphatic heterocycles. The van der Waals surface area contributed by atoms with Gasteiger partial charge < -0.3 is 9.64 Å². The topological polar surface area (TPSA) is 66.2 Å². The molecule has 2 aromatic heterocycles. The van der Waals surface area contributed by atoms with Gasteiger partial charge in [-0.25, -0.2) is 4.98 Å². The number of aromatic nitrogens is 1. The maximum absolute atomic E-state index is 13.5. The highest BCUT2D eigenvalue weighted by Crippen LogP contribution is 2.38. The van der Waals surface area contributed by atoms with E-state index in [9.17, 15) is 23.2 Å². The lowest BCUT2D eigenvalue weighted by Gasteiger charge is -2.31. The fraction of sp³-hybridized carbons (Fsp3) is 0.389. The van der Waals surface area contributed by atoms with Crippen molar-refractivity contribution in [2.24, 2.45) is 0 Å². The number of hydrogen-bond donors (Lipinski definition) is 0. The van der Waals surface area contributed by atoms with Crippen LogP contribution in [0.2, 0.25) is 0 Å². The largest absolute Gasteiger partial charge is 0.417 e. The number of carbonyl (C=O) groups excluding carboxylic acids is 1.